The molecule has 0 bridgehead atoms. The fourth-order valence-electron chi connectivity index (χ4n) is 2.17. The number of para-hydroxylation sites is 1. The minimum atomic E-state index is 0.0633. The molecule has 1 aromatic carbocycles. The van der Waals surface area contributed by atoms with Gasteiger partial charge in [-0.3, -0.25) is 4.98 Å². The lowest BCUT2D eigenvalue weighted by Crippen LogP contribution is -2.18. The summed E-state index contributed by atoms with van der Waals surface area (Å²) >= 11 is 0. The van der Waals surface area contributed by atoms with Gasteiger partial charge in [0.1, 0.15) is 0 Å². The van der Waals surface area contributed by atoms with Gasteiger partial charge in [-0.15, -0.1) is 0 Å². The van der Waals surface area contributed by atoms with Gasteiger partial charge in [-0.05, 0) is 25.2 Å². The summed E-state index contributed by atoms with van der Waals surface area (Å²) in [6, 6.07) is 14.3. The van der Waals surface area contributed by atoms with E-state index >= 15 is 0 Å². The van der Waals surface area contributed by atoms with Crippen LogP contribution in [0, 0.1) is 0 Å². The largest absolute Gasteiger partial charge is 0.472 e. The minimum Gasteiger partial charge on any atom is -0.472 e. The standard InChI is InChI=1S/C15H14N2O/c1-16-15(12-8-9-18-10-12)14-7-6-11-4-2-3-5-13(11)17-14/h2-10,15-16H,1H3. The molecule has 0 radical (unpaired) electrons. The second-order valence-corrected chi connectivity index (χ2v) is 4.21. The molecule has 1 N–H and O–H groups in total. The van der Waals surface area contributed by atoms with E-state index in [1.165, 1.54) is 0 Å². The SMILES string of the molecule is CNC(c1ccoc1)c1ccc2ccccc2n1. The third kappa shape index (κ3) is 1.89. The zero-order chi connectivity index (χ0) is 12.4. The van der Waals surface area contributed by atoms with Crippen LogP contribution in [0.1, 0.15) is 17.3 Å². The number of fused-ring (bicyclic) bond motifs is 1. The summed E-state index contributed by atoms with van der Waals surface area (Å²) in [6.07, 6.45) is 3.43. The van der Waals surface area contributed by atoms with E-state index in [0.29, 0.717) is 0 Å². The number of rotatable bonds is 3. The van der Waals surface area contributed by atoms with Gasteiger partial charge in [-0.2, -0.15) is 0 Å². The number of hydrogen-bond donors (Lipinski definition) is 1. The van der Waals surface area contributed by atoms with Crippen LogP contribution in [0.25, 0.3) is 10.9 Å². The molecule has 0 aliphatic rings. The van der Waals surface area contributed by atoms with Crippen molar-refractivity contribution < 1.29 is 4.42 Å². The minimum absolute atomic E-state index is 0.0633. The molecule has 0 saturated carbocycles. The molecule has 1 atom stereocenters. The van der Waals surface area contributed by atoms with Crippen LogP contribution in [-0.2, 0) is 0 Å². The number of pyridine rings is 1. The highest BCUT2D eigenvalue weighted by atomic mass is 16.3. The van der Waals surface area contributed by atoms with Gasteiger partial charge in [-0.1, -0.05) is 24.3 Å². The predicted molar refractivity (Wildman–Crippen MR) is 71.4 cm³/mol. The number of nitrogens with one attached hydrogen (secondary N) is 1. The summed E-state index contributed by atoms with van der Waals surface area (Å²) in [6.45, 7) is 0. The van der Waals surface area contributed by atoms with Gasteiger partial charge in [0, 0.05) is 10.9 Å². The van der Waals surface area contributed by atoms with Gasteiger partial charge in [0.25, 0.3) is 0 Å². The van der Waals surface area contributed by atoms with E-state index in [1.807, 2.05) is 31.3 Å². The normalized spacial score (nSPS) is 12.7. The highest BCUT2D eigenvalue weighted by molar-refractivity contribution is 5.78. The van der Waals surface area contributed by atoms with Crippen molar-refractivity contribution >= 4 is 10.9 Å². The maximum atomic E-state index is 5.14. The number of aromatic nitrogens is 1. The molecule has 3 nitrogen and oxygen atoms in total. The van der Waals surface area contributed by atoms with E-state index in [1.54, 1.807) is 12.5 Å². The first-order valence-corrected chi connectivity index (χ1v) is 5.93. The van der Waals surface area contributed by atoms with Crippen LogP contribution in [0.3, 0.4) is 0 Å². The van der Waals surface area contributed by atoms with E-state index in [0.717, 1.165) is 22.2 Å². The van der Waals surface area contributed by atoms with Gasteiger partial charge in [0.05, 0.1) is 29.8 Å². The molecule has 18 heavy (non-hydrogen) atoms. The summed E-state index contributed by atoms with van der Waals surface area (Å²) in [5, 5.41) is 4.42. The third-order valence-corrected chi connectivity index (χ3v) is 3.08. The lowest BCUT2D eigenvalue weighted by molar-refractivity contribution is 0.556. The molecule has 0 aliphatic carbocycles. The van der Waals surface area contributed by atoms with Crippen LogP contribution in [0.15, 0.2) is 59.4 Å². The van der Waals surface area contributed by atoms with Gasteiger partial charge in [0.2, 0.25) is 0 Å². The Morgan fingerprint density at radius 2 is 2.00 bits per heavy atom. The molecule has 3 heteroatoms. The Balaban J connectivity index is 2.07. The molecular weight excluding hydrogens is 224 g/mol. The first kappa shape index (κ1) is 11.0. The van der Waals surface area contributed by atoms with Crippen LogP contribution in [0.5, 0.6) is 0 Å². The topological polar surface area (TPSA) is 38.1 Å². The Kier molecular flexibility index (Phi) is 2.82. The lowest BCUT2D eigenvalue weighted by Gasteiger charge is -2.14. The van der Waals surface area contributed by atoms with Crippen LogP contribution in [0.2, 0.25) is 0 Å². The summed E-state index contributed by atoms with van der Waals surface area (Å²) in [7, 11) is 1.93. The maximum Gasteiger partial charge on any atom is 0.0954 e. The van der Waals surface area contributed by atoms with Crippen LogP contribution in [0.4, 0.5) is 0 Å². The van der Waals surface area contributed by atoms with Crippen molar-refractivity contribution in [2.75, 3.05) is 7.05 Å². The fraction of sp³-hybridized carbons (Fsp3) is 0.133. The molecule has 3 aromatic rings. The molecule has 0 fully saturated rings. The third-order valence-electron chi connectivity index (χ3n) is 3.08. The summed E-state index contributed by atoms with van der Waals surface area (Å²) in [5.41, 5.74) is 3.09. The van der Waals surface area contributed by atoms with E-state index < -0.39 is 0 Å². The van der Waals surface area contributed by atoms with Crippen LogP contribution >= 0.6 is 0 Å². The van der Waals surface area contributed by atoms with Crippen LogP contribution in [-0.4, -0.2) is 12.0 Å². The molecule has 0 aliphatic heterocycles. The summed E-state index contributed by atoms with van der Waals surface area (Å²) in [5.74, 6) is 0. The average Bonchev–Trinajstić information content (AvgIpc) is 2.93. The molecule has 3 rings (SSSR count). The Morgan fingerprint density at radius 3 is 2.78 bits per heavy atom. The smallest absolute Gasteiger partial charge is 0.0954 e. The zero-order valence-electron chi connectivity index (χ0n) is 10.1. The van der Waals surface area contributed by atoms with Gasteiger partial charge >= 0.3 is 0 Å². The molecule has 1 unspecified atom stereocenters. The number of hydrogen-bond acceptors (Lipinski definition) is 3. The van der Waals surface area contributed by atoms with Crippen molar-refractivity contribution in [3.63, 3.8) is 0 Å². The van der Waals surface area contributed by atoms with Gasteiger partial charge < -0.3 is 9.73 Å². The lowest BCUT2D eigenvalue weighted by atomic mass is 10.1. The summed E-state index contributed by atoms with van der Waals surface area (Å²) in [4.78, 5) is 4.70. The van der Waals surface area contributed by atoms with Crippen molar-refractivity contribution in [1.82, 2.24) is 10.3 Å². The Hall–Kier alpha value is -2.13. The number of furan rings is 1. The number of benzene rings is 1. The van der Waals surface area contributed by atoms with Crippen molar-refractivity contribution in [3.8, 4) is 0 Å². The van der Waals surface area contributed by atoms with Gasteiger partial charge in [-0.25, -0.2) is 0 Å². The average molecular weight is 238 g/mol. The maximum absolute atomic E-state index is 5.14. The van der Waals surface area contributed by atoms with E-state index in [9.17, 15) is 0 Å². The zero-order valence-corrected chi connectivity index (χ0v) is 10.1. The number of nitrogens with zero attached hydrogens (tertiary/aromatic N) is 1. The second kappa shape index (κ2) is 4.63. The first-order valence-electron chi connectivity index (χ1n) is 5.93. The fourth-order valence-corrected chi connectivity index (χ4v) is 2.17. The summed E-state index contributed by atoms with van der Waals surface area (Å²) < 4.78 is 5.14. The van der Waals surface area contributed by atoms with Crippen molar-refractivity contribution in [2.24, 2.45) is 0 Å². The Bertz CT molecular complexity index is 646. The molecule has 2 aromatic heterocycles. The van der Waals surface area contributed by atoms with Crippen molar-refractivity contribution in [3.05, 3.63) is 66.2 Å². The second-order valence-electron chi connectivity index (χ2n) is 4.21. The Labute approximate surface area is 105 Å². The highest BCUT2D eigenvalue weighted by Gasteiger charge is 2.14. The molecule has 90 valence electrons. The van der Waals surface area contributed by atoms with E-state index in [-0.39, 0.29) is 6.04 Å². The highest BCUT2D eigenvalue weighted by Crippen LogP contribution is 2.22. The quantitative estimate of drug-likeness (QED) is 0.761. The molecule has 0 spiro atoms. The first-order chi connectivity index (χ1) is 8.88. The predicted octanol–water partition coefficient (Wildman–Crippen LogP) is 3.14. The van der Waals surface area contributed by atoms with Gasteiger partial charge in [0.15, 0.2) is 0 Å². The Morgan fingerprint density at radius 1 is 1.11 bits per heavy atom. The monoisotopic (exact) mass is 238 g/mol. The van der Waals surface area contributed by atoms with Crippen molar-refractivity contribution in [1.29, 1.82) is 0 Å². The van der Waals surface area contributed by atoms with E-state index in [2.05, 4.69) is 23.5 Å². The molecule has 0 saturated heterocycles. The van der Waals surface area contributed by atoms with Crippen LogP contribution < -0.4 is 5.32 Å². The van der Waals surface area contributed by atoms with E-state index in [4.69, 9.17) is 9.40 Å². The molecule has 0 amide bonds. The molecular formula is C15H14N2O. The molecule has 2 heterocycles. The van der Waals surface area contributed by atoms with Crippen molar-refractivity contribution in [2.45, 2.75) is 6.04 Å².